The van der Waals surface area contributed by atoms with Crippen molar-refractivity contribution < 1.29 is 49.5 Å². The molecule has 0 saturated heterocycles. The van der Waals surface area contributed by atoms with Gasteiger partial charge in [0.25, 0.3) is 0 Å². The van der Waals surface area contributed by atoms with Crippen LogP contribution in [0.4, 0.5) is 0 Å². The quantitative estimate of drug-likeness (QED) is 0.170. The van der Waals surface area contributed by atoms with E-state index in [-0.39, 0.29) is 26.1 Å². The molecule has 0 aliphatic heterocycles. The molecule has 0 saturated carbocycles. The first-order chi connectivity index (χ1) is 16.3. The number of hydrogen-bond acceptors (Lipinski definition) is 8. The van der Waals surface area contributed by atoms with E-state index in [1.165, 1.54) is 9.80 Å². The molecular weight excluding hydrogens is 466 g/mol. The maximum absolute atomic E-state index is 11.5. The number of aryl methyl sites for hydroxylation is 1. The Balaban J connectivity index is 3.17. The van der Waals surface area contributed by atoms with Crippen LogP contribution < -0.4 is 0 Å². The number of benzene rings is 1. The highest BCUT2D eigenvalue weighted by Crippen LogP contribution is 2.13. The Morgan fingerprint density at radius 1 is 0.657 bits per heavy atom. The van der Waals surface area contributed by atoms with E-state index >= 15 is 0 Å². The second kappa shape index (κ2) is 14.7. The van der Waals surface area contributed by atoms with Gasteiger partial charge in [0, 0.05) is 25.7 Å². The van der Waals surface area contributed by atoms with Gasteiger partial charge in [0.15, 0.2) is 0 Å². The second-order valence-electron chi connectivity index (χ2n) is 8.16. The van der Waals surface area contributed by atoms with Gasteiger partial charge in [-0.2, -0.15) is 0 Å². The van der Waals surface area contributed by atoms with Crippen molar-refractivity contribution in [2.45, 2.75) is 19.4 Å². The summed E-state index contributed by atoms with van der Waals surface area (Å²) in [7, 11) is 0. The summed E-state index contributed by atoms with van der Waals surface area (Å²) < 4.78 is 0. The van der Waals surface area contributed by atoms with Gasteiger partial charge in [0.05, 0.1) is 32.7 Å². The van der Waals surface area contributed by atoms with E-state index in [1.54, 1.807) is 0 Å². The molecule has 0 fully saturated rings. The van der Waals surface area contributed by atoms with Crippen molar-refractivity contribution in [3.05, 3.63) is 35.4 Å². The van der Waals surface area contributed by atoms with Crippen LogP contribution in [0.5, 0.6) is 0 Å². The highest BCUT2D eigenvalue weighted by molar-refractivity contribution is 5.73. The van der Waals surface area contributed by atoms with E-state index in [9.17, 15) is 39.3 Å². The summed E-state index contributed by atoms with van der Waals surface area (Å²) in [5.74, 6) is -6.20. The number of carbonyl (C=O) groups is 5. The van der Waals surface area contributed by atoms with E-state index in [2.05, 4.69) is 0 Å². The van der Waals surface area contributed by atoms with Crippen molar-refractivity contribution in [3.63, 3.8) is 0 Å². The topological polar surface area (TPSA) is 196 Å². The Morgan fingerprint density at radius 3 is 1.49 bits per heavy atom. The Morgan fingerprint density at radius 2 is 1.06 bits per heavy atom. The van der Waals surface area contributed by atoms with Gasteiger partial charge >= 0.3 is 29.8 Å². The van der Waals surface area contributed by atoms with Gasteiger partial charge in [0.1, 0.15) is 0 Å². The van der Waals surface area contributed by atoms with E-state index in [0.29, 0.717) is 0 Å². The van der Waals surface area contributed by atoms with Crippen LogP contribution in [0.1, 0.15) is 11.1 Å². The summed E-state index contributed by atoms with van der Waals surface area (Å²) in [4.78, 5) is 60.2. The molecule has 35 heavy (non-hydrogen) atoms. The third-order valence-electron chi connectivity index (χ3n) is 5.06. The Kier molecular flexibility index (Phi) is 12.3. The highest BCUT2D eigenvalue weighted by Gasteiger charge is 2.27. The van der Waals surface area contributed by atoms with Gasteiger partial charge in [-0.25, -0.2) is 0 Å². The predicted molar refractivity (Wildman–Crippen MR) is 121 cm³/mol. The molecule has 13 nitrogen and oxygen atoms in total. The summed E-state index contributed by atoms with van der Waals surface area (Å²) >= 11 is 0. The van der Waals surface area contributed by atoms with Crippen molar-refractivity contribution >= 4 is 29.8 Å². The number of carboxylic acids is 5. The number of nitrogens with zero attached hydrogens (tertiary/aromatic N) is 3. The van der Waals surface area contributed by atoms with Crippen LogP contribution in [0.2, 0.25) is 0 Å². The molecular formula is C22H31N3O10. The minimum absolute atomic E-state index is 0.0365. The Bertz CT molecular complexity index is 858. The third kappa shape index (κ3) is 13.1. The van der Waals surface area contributed by atoms with Crippen molar-refractivity contribution in [1.82, 2.24) is 14.7 Å². The van der Waals surface area contributed by atoms with E-state index in [0.717, 1.165) is 16.0 Å². The molecule has 0 bridgehead atoms. The van der Waals surface area contributed by atoms with E-state index in [1.807, 2.05) is 31.2 Å². The summed E-state index contributed by atoms with van der Waals surface area (Å²) in [6, 6.07) is 6.60. The van der Waals surface area contributed by atoms with Crippen LogP contribution in [0.15, 0.2) is 24.3 Å². The molecule has 0 amide bonds. The molecule has 0 aromatic heterocycles. The molecule has 0 aliphatic rings. The zero-order chi connectivity index (χ0) is 26.5. The minimum atomic E-state index is -1.25. The third-order valence-corrected chi connectivity index (χ3v) is 5.06. The van der Waals surface area contributed by atoms with Crippen LogP contribution in [-0.2, 0) is 30.4 Å². The van der Waals surface area contributed by atoms with Crippen LogP contribution in [-0.4, -0.2) is 128 Å². The van der Waals surface area contributed by atoms with E-state index < -0.39 is 68.6 Å². The van der Waals surface area contributed by atoms with Crippen molar-refractivity contribution in [3.8, 4) is 0 Å². The smallest absolute Gasteiger partial charge is 0.317 e. The van der Waals surface area contributed by atoms with Gasteiger partial charge in [-0.1, -0.05) is 29.8 Å². The summed E-state index contributed by atoms with van der Waals surface area (Å²) in [6.07, 6.45) is 0.227. The maximum Gasteiger partial charge on any atom is 0.317 e. The van der Waals surface area contributed by atoms with Crippen LogP contribution in [0, 0.1) is 6.92 Å². The second-order valence-corrected chi connectivity index (χ2v) is 8.16. The monoisotopic (exact) mass is 497 g/mol. The molecule has 0 heterocycles. The first-order valence-electron chi connectivity index (χ1n) is 10.7. The number of aliphatic carboxylic acids is 5. The number of hydrogen-bond donors (Lipinski definition) is 5. The molecule has 13 heteroatoms. The van der Waals surface area contributed by atoms with Crippen molar-refractivity contribution in [2.24, 2.45) is 0 Å². The van der Waals surface area contributed by atoms with Gasteiger partial charge in [-0.15, -0.1) is 0 Å². The van der Waals surface area contributed by atoms with Gasteiger partial charge < -0.3 is 25.5 Å². The summed E-state index contributed by atoms with van der Waals surface area (Å²) in [5.41, 5.74) is 1.78. The first-order valence-corrected chi connectivity index (χ1v) is 10.7. The summed E-state index contributed by atoms with van der Waals surface area (Å²) in [6.45, 7) is -1.08. The molecule has 0 spiro atoms. The predicted octanol–water partition coefficient (Wildman–Crippen LogP) is -0.765. The fraction of sp³-hybridized carbons (Fsp3) is 0.500. The molecule has 1 rings (SSSR count). The van der Waals surface area contributed by atoms with Crippen LogP contribution in [0.25, 0.3) is 0 Å². The van der Waals surface area contributed by atoms with Crippen LogP contribution in [0.3, 0.4) is 0 Å². The fourth-order valence-corrected chi connectivity index (χ4v) is 3.57. The van der Waals surface area contributed by atoms with E-state index in [4.69, 9.17) is 10.2 Å². The fourth-order valence-electron chi connectivity index (χ4n) is 3.57. The lowest BCUT2D eigenvalue weighted by Crippen LogP contribution is -2.51. The van der Waals surface area contributed by atoms with Crippen molar-refractivity contribution in [2.75, 3.05) is 52.4 Å². The molecule has 1 aromatic carbocycles. The van der Waals surface area contributed by atoms with Crippen molar-refractivity contribution in [1.29, 1.82) is 0 Å². The molecule has 194 valence electrons. The number of carboxylic acid groups (broad SMARTS) is 5. The van der Waals surface area contributed by atoms with Gasteiger partial charge in [0.2, 0.25) is 0 Å². The molecule has 1 aromatic rings. The Labute approximate surface area is 201 Å². The maximum atomic E-state index is 11.5. The standard InChI is InChI=1S/C22H31N3O10/c1-15-2-4-16(5-3-15)8-17(25(13-21(32)33)14-22(34)35)9-23(10-18(26)27)6-7-24(11-19(28)29)12-20(30)31/h2-5,17H,6-14H2,1H3,(H,26,27)(H,28,29)(H,30,31)(H,32,33)(H,34,35). The van der Waals surface area contributed by atoms with Gasteiger partial charge in [-0.05, 0) is 18.9 Å². The molecule has 1 atom stereocenters. The van der Waals surface area contributed by atoms with Crippen LogP contribution >= 0.6 is 0 Å². The van der Waals surface area contributed by atoms with Gasteiger partial charge in [-0.3, -0.25) is 38.7 Å². The average Bonchev–Trinajstić information content (AvgIpc) is 2.70. The SMILES string of the molecule is Cc1ccc(CC(CN(CCN(CC(=O)O)CC(=O)O)CC(=O)O)N(CC(=O)O)CC(=O)O)cc1. The molecule has 5 N–H and O–H groups in total. The zero-order valence-corrected chi connectivity index (χ0v) is 19.4. The average molecular weight is 498 g/mol. The number of rotatable bonds is 18. The normalized spacial score (nSPS) is 12.1. The lowest BCUT2D eigenvalue weighted by atomic mass is 10.0. The molecule has 0 radical (unpaired) electrons. The summed E-state index contributed by atoms with van der Waals surface area (Å²) in [5, 5.41) is 46.0. The highest BCUT2D eigenvalue weighted by atomic mass is 16.4. The zero-order valence-electron chi connectivity index (χ0n) is 19.4. The lowest BCUT2D eigenvalue weighted by molar-refractivity contribution is -0.144. The Hall–Kier alpha value is -3.55. The largest absolute Gasteiger partial charge is 0.480 e. The minimum Gasteiger partial charge on any atom is -0.480 e. The molecule has 1 unspecified atom stereocenters. The molecule has 0 aliphatic carbocycles. The lowest BCUT2D eigenvalue weighted by Gasteiger charge is -2.34. The first kappa shape index (κ1) is 29.5.